The summed E-state index contributed by atoms with van der Waals surface area (Å²) in [7, 11) is 0. The Kier molecular flexibility index (Phi) is 7.34. The molecule has 0 unspecified atom stereocenters. The van der Waals surface area contributed by atoms with Gasteiger partial charge in [-0.15, -0.1) is 0 Å². The Labute approximate surface area is 229 Å². The molecule has 0 N–H and O–H groups in total. The van der Waals surface area contributed by atoms with Gasteiger partial charge in [-0.05, 0) is 45.4 Å². The zero-order valence-corrected chi connectivity index (χ0v) is 23.1. The van der Waals surface area contributed by atoms with E-state index in [1.807, 2.05) is 72.2 Å². The van der Waals surface area contributed by atoms with Crippen molar-refractivity contribution < 1.29 is 19.1 Å². The summed E-state index contributed by atoms with van der Waals surface area (Å²) in [6.45, 7) is 7.83. The normalized spacial score (nSPS) is 15.3. The van der Waals surface area contributed by atoms with Gasteiger partial charge in [0.05, 0.1) is 35.1 Å². The summed E-state index contributed by atoms with van der Waals surface area (Å²) in [6.07, 6.45) is 1.86. The van der Waals surface area contributed by atoms with Crippen LogP contribution in [0.1, 0.15) is 43.6 Å². The van der Waals surface area contributed by atoms with Crippen LogP contribution in [0.15, 0.2) is 75.7 Å². The van der Waals surface area contributed by atoms with Gasteiger partial charge in [-0.3, -0.25) is 14.2 Å². The maximum absolute atomic E-state index is 14.0. The summed E-state index contributed by atoms with van der Waals surface area (Å²) < 4.78 is 14.5. The second-order valence-corrected chi connectivity index (χ2v) is 10.1. The Morgan fingerprint density at radius 2 is 1.69 bits per heavy atom. The monoisotopic (exact) mass is 543 g/mol. The topological polar surface area (TPSA) is 91.9 Å². The quantitative estimate of drug-likeness (QED) is 0.332. The lowest BCUT2D eigenvalue weighted by Crippen LogP contribution is -2.39. The smallest absolute Gasteiger partial charge is 0.338 e. The van der Waals surface area contributed by atoms with Gasteiger partial charge in [0.15, 0.2) is 4.80 Å². The number of para-hydroxylation sites is 1. The molecule has 1 atom stereocenters. The molecule has 0 radical (unpaired) electrons. The van der Waals surface area contributed by atoms with Gasteiger partial charge in [0.25, 0.3) is 5.56 Å². The number of rotatable bonds is 7. The summed E-state index contributed by atoms with van der Waals surface area (Å²) in [5, 5.41) is 0.924. The van der Waals surface area contributed by atoms with Crippen LogP contribution in [0.5, 0.6) is 0 Å². The average molecular weight is 544 g/mol. The highest BCUT2D eigenvalue weighted by molar-refractivity contribution is 7.07. The van der Waals surface area contributed by atoms with Crippen LogP contribution in [-0.2, 0) is 25.6 Å². The zero-order valence-electron chi connectivity index (χ0n) is 22.3. The van der Waals surface area contributed by atoms with Crippen molar-refractivity contribution in [2.75, 3.05) is 13.2 Å². The van der Waals surface area contributed by atoms with E-state index in [0.29, 0.717) is 27.2 Å². The largest absolute Gasteiger partial charge is 0.465 e. The van der Waals surface area contributed by atoms with Gasteiger partial charge in [0.1, 0.15) is 6.54 Å². The minimum atomic E-state index is -0.657. The third-order valence-electron chi connectivity index (χ3n) is 6.78. The van der Waals surface area contributed by atoms with Crippen LogP contribution < -0.4 is 14.9 Å². The predicted molar refractivity (Wildman–Crippen MR) is 150 cm³/mol. The van der Waals surface area contributed by atoms with Crippen LogP contribution >= 0.6 is 11.3 Å². The van der Waals surface area contributed by atoms with Crippen LogP contribution in [0.3, 0.4) is 0 Å². The summed E-state index contributed by atoms with van der Waals surface area (Å²) in [4.78, 5) is 44.5. The number of benzene rings is 2. The van der Waals surface area contributed by atoms with Gasteiger partial charge < -0.3 is 14.0 Å². The lowest BCUT2D eigenvalue weighted by molar-refractivity contribution is -0.143. The SMILES string of the molecule is CCOC(=O)Cn1c(C)c(/C=c2\sc3n(c2=O)[C@@H](c2ccccc2)C(C(=O)OCC)=C(C)N=3)c2ccccc21. The van der Waals surface area contributed by atoms with E-state index in [1.54, 1.807) is 25.3 Å². The maximum atomic E-state index is 14.0. The summed E-state index contributed by atoms with van der Waals surface area (Å²) in [6, 6.07) is 16.6. The number of carbonyl (C=O) groups is 2. The molecule has 2 aromatic heterocycles. The van der Waals surface area contributed by atoms with Gasteiger partial charge in [0, 0.05) is 22.2 Å². The number of allylic oxidation sites excluding steroid dienone is 1. The highest BCUT2D eigenvalue weighted by atomic mass is 32.1. The number of hydrogen-bond acceptors (Lipinski definition) is 7. The first-order chi connectivity index (χ1) is 18.8. The molecule has 0 aliphatic carbocycles. The molecule has 0 fully saturated rings. The van der Waals surface area contributed by atoms with E-state index in [4.69, 9.17) is 9.47 Å². The van der Waals surface area contributed by atoms with E-state index >= 15 is 0 Å². The molecule has 2 aromatic carbocycles. The van der Waals surface area contributed by atoms with E-state index in [9.17, 15) is 14.4 Å². The first-order valence-corrected chi connectivity index (χ1v) is 13.6. The van der Waals surface area contributed by atoms with E-state index < -0.39 is 12.0 Å². The average Bonchev–Trinajstić information content (AvgIpc) is 3.37. The van der Waals surface area contributed by atoms with Gasteiger partial charge in [-0.2, -0.15) is 0 Å². The molecule has 0 amide bonds. The van der Waals surface area contributed by atoms with E-state index in [-0.39, 0.29) is 24.7 Å². The number of carbonyl (C=O) groups excluding carboxylic acids is 2. The number of nitrogens with zero attached hydrogens (tertiary/aromatic N) is 3. The summed E-state index contributed by atoms with van der Waals surface area (Å²) in [5.74, 6) is -0.808. The molecular formula is C30H29N3O5S. The number of hydrogen-bond donors (Lipinski definition) is 0. The molecule has 200 valence electrons. The van der Waals surface area contributed by atoms with Gasteiger partial charge in [-0.25, -0.2) is 9.79 Å². The maximum Gasteiger partial charge on any atom is 0.338 e. The van der Waals surface area contributed by atoms with Crippen LogP contribution in [0.2, 0.25) is 0 Å². The number of ether oxygens (including phenoxy) is 2. The van der Waals surface area contributed by atoms with Gasteiger partial charge in [-0.1, -0.05) is 59.9 Å². The van der Waals surface area contributed by atoms with Crippen molar-refractivity contribution in [3.8, 4) is 0 Å². The van der Waals surface area contributed by atoms with E-state index in [2.05, 4.69) is 4.99 Å². The molecule has 0 spiro atoms. The second-order valence-electron chi connectivity index (χ2n) is 9.12. The molecule has 1 aliphatic rings. The van der Waals surface area contributed by atoms with Crippen molar-refractivity contribution in [3.63, 3.8) is 0 Å². The van der Waals surface area contributed by atoms with Crippen molar-refractivity contribution >= 4 is 40.3 Å². The Morgan fingerprint density at radius 3 is 2.41 bits per heavy atom. The van der Waals surface area contributed by atoms with Crippen molar-refractivity contribution in [2.24, 2.45) is 4.99 Å². The lowest BCUT2D eigenvalue weighted by Gasteiger charge is -2.24. The lowest BCUT2D eigenvalue weighted by atomic mass is 9.96. The van der Waals surface area contributed by atoms with Crippen LogP contribution in [0.25, 0.3) is 17.0 Å². The molecule has 0 saturated heterocycles. The number of esters is 2. The van der Waals surface area contributed by atoms with Crippen LogP contribution in [-0.4, -0.2) is 34.3 Å². The second kappa shape index (κ2) is 10.9. The van der Waals surface area contributed by atoms with Crippen molar-refractivity contribution in [1.29, 1.82) is 0 Å². The van der Waals surface area contributed by atoms with E-state index in [1.165, 1.54) is 11.3 Å². The Balaban J connectivity index is 1.72. The van der Waals surface area contributed by atoms with Crippen LogP contribution in [0, 0.1) is 6.92 Å². The first-order valence-electron chi connectivity index (χ1n) is 12.8. The summed E-state index contributed by atoms with van der Waals surface area (Å²) >= 11 is 1.28. The zero-order chi connectivity index (χ0) is 27.7. The van der Waals surface area contributed by atoms with Crippen molar-refractivity contribution in [1.82, 2.24) is 9.13 Å². The summed E-state index contributed by atoms with van der Waals surface area (Å²) in [5.41, 5.74) is 4.00. The highest BCUT2D eigenvalue weighted by Crippen LogP contribution is 2.31. The third kappa shape index (κ3) is 4.74. The van der Waals surface area contributed by atoms with Gasteiger partial charge in [0.2, 0.25) is 0 Å². The predicted octanol–water partition coefficient (Wildman–Crippen LogP) is 3.62. The molecule has 0 bridgehead atoms. The molecule has 5 rings (SSSR count). The Bertz CT molecular complexity index is 1790. The van der Waals surface area contributed by atoms with Crippen molar-refractivity contribution in [3.05, 3.63) is 102 Å². The minimum Gasteiger partial charge on any atom is -0.465 e. The fourth-order valence-electron chi connectivity index (χ4n) is 5.05. The van der Waals surface area contributed by atoms with Crippen molar-refractivity contribution in [2.45, 2.75) is 40.3 Å². The van der Waals surface area contributed by atoms with Crippen LogP contribution in [0.4, 0.5) is 0 Å². The van der Waals surface area contributed by atoms with E-state index in [0.717, 1.165) is 27.7 Å². The number of fused-ring (bicyclic) bond motifs is 2. The number of aromatic nitrogens is 2. The molecule has 9 heteroatoms. The Hall–Kier alpha value is -4.24. The molecular weight excluding hydrogens is 514 g/mol. The molecule has 4 aromatic rings. The first kappa shape index (κ1) is 26.4. The standard InChI is InChI=1S/C30H29N3O5S/c1-5-37-25(34)17-32-19(4)22(21-14-10-11-15-23(21)32)16-24-28(35)33-27(20-12-8-7-9-13-20)26(29(36)38-6-2)18(3)31-30(33)39-24/h7-16,27H,5-6,17H2,1-4H3/b24-16-/t27-/m0/s1. The third-order valence-corrected chi connectivity index (χ3v) is 7.76. The Morgan fingerprint density at radius 1 is 1.00 bits per heavy atom. The molecule has 8 nitrogen and oxygen atoms in total. The fraction of sp³-hybridized carbons (Fsp3) is 0.267. The molecule has 0 saturated carbocycles. The molecule has 3 heterocycles. The molecule has 1 aliphatic heterocycles. The van der Waals surface area contributed by atoms with Gasteiger partial charge >= 0.3 is 11.9 Å². The fourth-order valence-corrected chi connectivity index (χ4v) is 6.08. The minimum absolute atomic E-state index is 0.0748. The number of thiazole rings is 1. The molecule has 39 heavy (non-hydrogen) atoms. The highest BCUT2D eigenvalue weighted by Gasteiger charge is 2.33.